The fourth-order valence-corrected chi connectivity index (χ4v) is 9.44. The van der Waals surface area contributed by atoms with E-state index in [1.807, 2.05) is 36.4 Å². The standard InChI is InChI=1S/C55H42N4/c1-35-15-12-22-42(31-35)59-49-30-28-38(39-27-29-45-44-23-10-11-25-47(44)55(2,3)48(45)34-39)33-46(49)51-43(24-14-26-50(51)59)40-20-13-21-41(32-40)54-57-52(36-16-6-4-7-17-36)56-53(58-54)37-18-8-5-9-19-37/h4-30,32-35H,31H2,1-3H3. The summed E-state index contributed by atoms with van der Waals surface area (Å²) in [6.07, 6.45) is 7.78. The van der Waals surface area contributed by atoms with Gasteiger partial charge in [-0.3, -0.25) is 0 Å². The molecule has 2 aromatic heterocycles. The molecule has 1 unspecified atom stereocenters. The van der Waals surface area contributed by atoms with Gasteiger partial charge in [-0.1, -0.05) is 166 Å². The van der Waals surface area contributed by atoms with E-state index in [0.29, 0.717) is 23.4 Å². The van der Waals surface area contributed by atoms with Crippen LogP contribution in [0.25, 0.3) is 95.0 Å². The van der Waals surface area contributed by atoms with Crippen LogP contribution in [0, 0.1) is 5.92 Å². The molecule has 2 aliphatic rings. The normalized spacial score (nSPS) is 15.3. The monoisotopic (exact) mass is 758 g/mol. The van der Waals surface area contributed by atoms with Gasteiger partial charge in [0.1, 0.15) is 0 Å². The van der Waals surface area contributed by atoms with Gasteiger partial charge in [0.2, 0.25) is 0 Å². The first-order chi connectivity index (χ1) is 28.9. The molecule has 9 aromatic rings. The minimum absolute atomic E-state index is 0.0693. The lowest BCUT2D eigenvalue weighted by molar-refractivity contribution is 0.660. The average molecular weight is 759 g/mol. The summed E-state index contributed by atoms with van der Waals surface area (Å²) in [4.78, 5) is 15.1. The molecule has 59 heavy (non-hydrogen) atoms. The number of allylic oxidation sites excluding steroid dienone is 4. The van der Waals surface area contributed by atoms with Crippen molar-refractivity contribution in [2.24, 2.45) is 5.92 Å². The second-order valence-electron chi connectivity index (χ2n) is 16.5. The molecule has 0 amide bonds. The van der Waals surface area contributed by atoms with Gasteiger partial charge in [-0.2, -0.15) is 0 Å². The van der Waals surface area contributed by atoms with Gasteiger partial charge in [0.25, 0.3) is 0 Å². The van der Waals surface area contributed by atoms with Gasteiger partial charge in [-0.05, 0) is 93.3 Å². The summed E-state index contributed by atoms with van der Waals surface area (Å²) in [5.74, 6) is 2.41. The van der Waals surface area contributed by atoms with Gasteiger partial charge in [-0.15, -0.1) is 0 Å². The lowest BCUT2D eigenvalue weighted by atomic mass is 9.81. The molecule has 4 heteroatoms. The smallest absolute Gasteiger partial charge is 0.164 e. The van der Waals surface area contributed by atoms with Crippen LogP contribution in [0.2, 0.25) is 0 Å². The van der Waals surface area contributed by atoms with Crippen LogP contribution in [-0.4, -0.2) is 19.5 Å². The Bertz CT molecular complexity index is 3110. The SMILES string of the molecule is CC1C=CC=C(n2c3ccc(-c4ccc5c(c4)C(C)(C)c4ccccc4-5)cc3c3c(-c4cccc(-c5nc(-c6ccccc6)nc(-c6ccccc6)n5)c4)cccc32)C1. The van der Waals surface area contributed by atoms with E-state index in [9.17, 15) is 0 Å². The quantitative estimate of drug-likeness (QED) is 0.170. The van der Waals surface area contributed by atoms with E-state index >= 15 is 0 Å². The summed E-state index contributed by atoms with van der Waals surface area (Å²) in [5, 5.41) is 2.48. The zero-order valence-corrected chi connectivity index (χ0v) is 33.4. The van der Waals surface area contributed by atoms with Gasteiger partial charge < -0.3 is 4.57 Å². The molecule has 11 rings (SSSR count). The highest BCUT2D eigenvalue weighted by Gasteiger charge is 2.35. The van der Waals surface area contributed by atoms with Crippen molar-refractivity contribution in [3.8, 4) is 67.5 Å². The van der Waals surface area contributed by atoms with Crippen molar-refractivity contribution in [3.63, 3.8) is 0 Å². The first-order valence-corrected chi connectivity index (χ1v) is 20.6. The highest BCUT2D eigenvalue weighted by atomic mass is 15.0. The Morgan fingerprint density at radius 3 is 1.83 bits per heavy atom. The van der Waals surface area contributed by atoms with Crippen molar-refractivity contribution in [2.75, 3.05) is 0 Å². The number of rotatable bonds is 6. The maximum absolute atomic E-state index is 5.07. The molecular weight excluding hydrogens is 717 g/mol. The third-order valence-electron chi connectivity index (χ3n) is 12.4. The zero-order valence-electron chi connectivity index (χ0n) is 33.4. The minimum atomic E-state index is -0.0693. The molecule has 0 N–H and O–H groups in total. The summed E-state index contributed by atoms with van der Waals surface area (Å²) in [5.41, 5.74) is 16.7. The fraction of sp³-hybridized carbons (Fsp3) is 0.109. The van der Waals surface area contributed by atoms with Gasteiger partial charge in [0.15, 0.2) is 17.5 Å². The Kier molecular flexibility index (Phi) is 8.16. The minimum Gasteiger partial charge on any atom is -0.313 e. The van der Waals surface area contributed by atoms with Crippen molar-refractivity contribution in [1.29, 1.82) is 0 Å². The highest BCUT2D eigenvalue weighted by Crippen LogP contribution is 2.50. The van der Waals surface area contributed by atoms with Crippen molar-refractivity contribution >= 4 is 27.5 Å². The maximum atomic E-state index is 5.07. The van der Waals surface area contributed by atoms with E-state index < -0.39 is 0 Å². The molecule has 2 heterocycles. The van der Waals surface area contributed by atoms with Crippen LogP contribution in [-0.2, 0) is 5.41 Å². The van der Waals surface area contributed by atoms with Crippen LogP contribution in [0.3, 0.4) is 0 Å². The Labute approximate surface area is 344 Å². The summed E-state index contributed by atoms with van der Waals surface area (Å²) in [6.45, 7) is 7.01. The second kappa shape index (κ2) is 13.7. The number of fused-ring (bicyclic) bond motifs is 6. The number of benzene rings is 7. The van der Waals surface area contributed by atoms with Gasteiger partial charge in [0.05, 0.1) is 11.0 Å². The van der Waals surface area contributed by atoms with Crippen LogP contribution >= 0.6 is 0 Å². The molecule has 0 spiro atoms. The third-order valence-corrected chi connectivity index (χ3v) is 12.4. The van der Waals surface area contributed by atoms with E-state index in [0.717, 1.165) is 28.7 Å². The third kappa shape index (κ3) is 5.86. The van der Waals surface area contributed by atoms with E-state index in [-0.39, 0.29) is 5.41 Å². The van der Waals surface area contributed by atoms with Gasteiger partial charge >= 0.3 is 0 Å². The van der Waals surface area contributed by atoms with E-state index in [1.54, 1.807) is 0 Å². The summed E-state index contributed by atoms with van der Waals surface area (Å²) in [7, 11) is 0. The first-order valence-electron chi connectivity index (χ1n) is 20.6. The predicted octanol–water partition coefficient (Wildman–Crippen LogP) is 14.1. The van der Waals surface area contributed by atoms with E-state index in [2.05, 4.69) is 171 Å². The maximum Gasteiger partial charge on any atom is 0.164 e. The molecule has 7 aromatic carbocycles. The molecule has 4 nitrogen and oxygen atoms in total. The molecule has 0 saturated carbocycles. The molecular formula is C55H42N4. The predicted molar refractivity (Wildman–Crippen MR) is 245 cm³/mol. The van der Waals surface area contributed by atoms with Crippen molar-refractivity contribution < 1.29 is 0 Å². The topological polar surface area (TPSA) is 43.6 Å². The highest BCUT2D eigenvalue weighted by molar-refractivity contribution is 6.17. The van der Waals surface area contributed by atoms with Crippen molar-refractivity contribution in [2.45, 2.75) is 32.6 Å². The number of aromatic nitrogens is 4. The zero-order chi connectivity index (χ0) is 39.7. The van der Waals surface area contributed by atoms with E-state index in [1.165, 1.54) is 66.4 Å². The van der Waals surface area contributed by atoms with Crippen molar-refractivity contribution in [3.05, 3.63) is 193 Å². The molecule has 0 saturated heterocycles. The van der Waals surface area contributed by atoms with Gasteiger partial charge in [-0.25, -0.2) is 15.0 Å². The van der Waals surface area contributed by atoms with Crippen LogP contribution < -0.4 is 0 Å². The average Bonchev–Trinajstić information content (AvgIpc) is 3.74. The van der Waals surface area contributed by atoms with Crippen LogP contribution in [0.5, 0.6) is 0 Å². The van der Waals surface area contributed by atoms with Gasteiger partial charge in [0, 0.05) is 38.6 Å². The Balaban J connectivity index is 1.10. The molecule has 1 atom stereocenters. The Morgan fingerprint density at radius 2 is 1.08 bits per heavy atom. The van der Waals surface area contributed by atoms with Crippen LogP contribution in [0.1, 0.15) is 38.3 Å². The van der Waals surface area contributed by atoms with Crippen LogP contribution in [0.4, 0.5) is 0 Å². The van der Waals surface area contributed by atoms with Crippen molar-refractivity contribution in [1.82, 2.24) is 19.5 Å². The number of hydrogen-bond acceptors (Lipinski definition) is 3. The molecule has 2 aliphatic carbocycles. The Hall–Kier alpha value is -7.17. The van der Waals surface area contributed by atoms with Crippen LogP contribution in [0.15, 0.2) is 182 Å². The molecule has 0 bridgehead atoms. The molecule has 0 radical (unpaired) electrons. The summed E-state index contributed by atoms with van der Waals surface area (Å²) in [6, 6.07) is 58.8. The number of nitrogens with zero attached hydrogens (tertiary/aromatic N) is 4. The first kappa shape index (κ1) is 35.0. The fourth-order valence-electron chi connectivity index (χ4n) is 9.44. The lowest BCUT2D eigenvalue weighted by Crippen LogP contribution is -2.14. The molecule has 282 valence electrons. The van der Waals surface area contributed by atoms with E-state index in [4.69, 9.17) is 15.0 Å². The molecule has 0 fully saturated rings. The second-order valence-corrected chi connectivity index (χ2v) is 16.5. The summed E-state index contributed by atoms with van der Waals surface area (Å²) >= 11 is 0. The summed E-state index contributed by atoms with van der Waals surface area (Å²) < 4.78 is 2.49. The molecule has 0 aliphatic heterocycles. The Morgan fingerprint density at radius 1 is 0.492 bits per heavy atom. The number of hydrogen-bond donors (Lipinski definition) is 0. The largest absolute Gasteiger partial charge is 0.313 e. The lowest BCUT2D eigenvalue weighted by Gasteiger charge is -2.22.